The van der Waals surface area contributed by atoms with Crippen molar-refractivity contribution in [2.45, 2.75) is 6.54 Å². The topological polar surface area (TPSA) is 73.0 Å². The Morgan fingerprint density at radius 3 is 3.14 bits per heavy atom. The van der Waals surface area contributed by atoms with Gasteiger partial charge in [-0.05, 0) is 38.0 Å². The zero-order valence-electron chi connectivity index (χ0n) is 12.2. The van der Waals surface area contributed by atoms with Crippen LogP contribution in [0.2, 0.25) is 0 Å². The average Bonchev–Trinajstić information content (AvgIpc) is 2.68. The SMILES string of the molecule is CN(C)CCNC(=O)c1cc2c[nH]nc3c-2c1CNC=C3. The van der Waals surface area contributed by atoms with Gasteiger partial charge in [0.2, 0.25) is 0 Å². The molecular weight excluding hydrogens is 266 g/mol. The number of hydrogen-bond donors (Lipinski definition) is 3. The van der Waals surface area contributed by atoms with Crippen LogP contribution >= 0.6 is 0 Å². The van der Waals surface area contributed by atoms with Crippen molar-refractivity contribution in [3.8, 4) is 11.1 Å². The molecule has 0 bridgehead atoms. The molecule has 0 aromatic rings. The number of nitrogens with one attached hydrogen (secondary N) is 3. The summed E-state index contributed by atoms with van der Waals surface area (Å²) in [5, 5.41) is 13.3. The summed E-state index contributed by atoms with van der Waals surface area (Å²) in [5.74, 6) is -0.0299. The Labute approximate surface area is 123 Å². The van der Waals surface area contributed by atoms with Crippen molar-refractivity contribution in [1.29, 1.82) is 0 Å². The molecule has 3 N–H and O–H groups in total. The number of rotatable bonds is 4. The summed E-state index contributed by atoms with van der Waals surface area (Å²) in [6.45, 7) is 2.09. The molecule has 3 aliphatic rings. The minimum absolute atomic E-state index is 0.0299. The number of likely N-dealkylation sites (N-methyl/N-ethyl adjacent to an activating group) is 1. The van der Waals surface area contributed by atoms with Gasteiger partial charge in [-0.3, -0.25) is 9.89 Å². The fourth-order valence-corrected chi connectivity index (χ4v) is 2.56. The van der Waals surface area contributed by atoms with Crippen LogP contribution in [0, 0.1) is 0 Å². The molecule has 0 spiro atoms. The van der Waals surface area contributed by atoms with Crippen molar-refractivity contribution < 1.29 is 4.79 Å². The first-order valence-electron chi connectivity index (χ1n) is 6.99. The summed E-state index contributed by atoms with van der Waals surface area (Å²) in [7, 11) is 3.97. The number of H-pyrrole nitrogens is 1. The van der Waals surface area contributed by atoms with Gasteiger partial charge >= 0.3 is 0 Å². The Hall–Kier alpha value is -2.34. The van der Waals surface area contributed by atoms with Crippen molar-refractivity contribution in [1.82, 2.24) is 25.7 Å². The Kier molecular flexibility index (Phi) is 3.62. The lowest BCUT2D eigenvalue weighted by molar-refractivity contribution is 0.0950. The van der Waals surface area contributed by atoms with E-state index in [1.807, 2.05) is 43.5 Å². The van der Waals surface area contributed by atoms with Gasteiger partial charge < -0.3 is 15.5 Å². The molecule has 6 heteroatoms. The van der Waals surface area contributed by atoms with Crippen LogP contribution in [0.5, 0.6) is 0 Å². The van der Waals surface area contributed by atoms with Gasteiger partial charge in [0.1, 0.15) is 0 Å². The van der Waals surface area contributed by atoms with E-state index in [1.165, 1.54) is 0 Å². The van der Waals surface area contributed by atoms with E-state index in [-0.39, 0.29) is 5.91 Å². The summed E-state index contributed by atoms with van der Waals surface area (Å²) < 4.78 is 0. The first-order chi connectivity index (χ1) is 10.2. The standard InChI is InChI=1S/C15H19N5O/c1-20(2)6-5-17-15(21)11-7-10-8-18-19-13-3-4-16-9-12(11)14(10)13/h3-4,7-8,16,18H,5-6,9H2,1-2H3,(H,17,21). The summed E-state index contributed by atoms with van der Waals surface area (Å²) in [5.41, 5.74) is 4.66. The highest BCUT2D eigenvalue weighted by molar-refractivity contribution is 6.01. The third-order valence-electron chi connectivity index (χ3n) is 3.60. The normalized spacial score (nSPS) is 13.3. The van der Waals surface area contributed by atoms with Gasteiger partial charge in [-0.2, -0.15) is 5.10 Å². The smallest absolute Gasteiger partial charge is 0.251 e. The molecule has 1 amide bonds. The minimum Gasteiger partial charge on any atom is -0.387 e. The highest BCUT2D eigenvalue weighted by atomic mass is 16.1. The number of carbonyl (C=O) groups is 1. The van der Waals surface area contributed by atoms with Crippen LogP contribution in [0.15, 0.2) is 18.5 Å². The molecule has 21 heavy (non-hydrogen) atoms. The summed E-state index contributed by atoms with van der Waals surface area (Å²) in [6.07, 6.45) is 5.62. The maximum Gasteiger partial charge on any atom is 0.251 e. The molecule has 0 aromatic heterocycles. The first kappa shape index (κ1) is 13.6. The van der Waals surface area contributed by atoms with Crippen LogP contribution in [0.1, 0.15) is 21.6 Å². The Morgan fingerprint density at radius 2 is 2.33 bits per heavy atom. The molecule has 0 unspecified atom stereocenters. The van der Waals surface area contributed by atoms with Gasteiger partial charge in [0.05, 0.1) is 5.69 Å². The van der Waals surface area contributed by atoms with Crippen LogP contribution in [0.3, 0.4) is 0 Å². The average molecular weight is 285 g/mol. The third-order valence-corrected chi connectivity index (χ3v) is 3.60. The lowest BCUT2D eigenvalue weighted by atomic mass is 10.1. The second-order valence-corrected chi connectivity index (χ2v) is 5.41. The number of nitrogens with zero attached hydrogens (tertiary/aromatic N) is 2. The maximum atomic E-state index is 12.4. The molecule has 0 radical (unpaired) electrons. The lowest BCUT2D eigenvalue weighted by Crippen LogP contribution is -2.31. The largest absolute Gasteiger partial charge is 0.387 e. The molecule has 0 saturated heterocycles. The molecular formula is C15H19N5O. The molecule has 110 valence electrons. The van der Waals surface area contributed by atoms with E-state index in [1.54, 1.807) is 0 Å². The van der Waals surface area contributed by atoms with Gasteiger partial charge in [0.25, 0.3) is 5.91 Å². The van der Waals surface area contributed by atoms with Gasteiger partial charge in [-0.25, -0.2) is 0 Å². The summed E-state index contributed by atoms with van der Waals surface area (Å²) in [6, 6.07) is 1.93. The van der Waals surface area contributed by atoms with Gasteiger partial charge in [0.15, 0.2) is 0 Å². The molecule has 0 saturated carbocycles. The molecule has 6 nitrogen and oxygen atoms in total. The fraction of sp³-hybridized carbons (Fsp3) is 0.333. The van der Waals surface area contributed by atoms with Gasteiger partial charge in [-0.1, -0.05) is 0 Å². The number of hydrogen-bond acceptors (Lipinski definition) is 4. The molecule has 3 rings (SSSR count). The van der Waals surface area contributed by atoms with E-state index in [2.05, 4.69) is 20.8 Å². The van der Waals surface area contributed by atoms with E-state index in [9.17, 15) is 4.79 Å². The number of amides is 1. The van der Waals surface area contributed by atoms with Crippen LogP contribution < -0.4 is 10.6 Å². The van der Waals surface area contributed by atoms with Gasteiger partial charge in [-0.15, -0.1) is 0 Å². The summed E-state index contributed by atoms with van der Waals surface area (Å²) in [4.78, 5) is 14.5. The molecule has 2 aliphatic heterocycles. The number of aromatic nitrogens is 2. The minimum atomic E-state index is -0.0299. The predicted molar refractivity (Wildman–Crippen MR) is 82.0 cm³/mol. The molecule has 0 atom stereocenters. The van der Waals surface area contributed by atoms with Crippen LogP contribution in [-0.4, -0.2) is 48.2 Å². The Morgan fingerprint density at radius 1 is 1.48 bits per heavy atom. The monoisotopic (exact) mass is 285 g/mol. The molecule has 0 aromatic carbocycles. The van der Waals surface area contributed by atoms with Crippen molar-refractivity contribution in [3.05, 3.63) is 35.3 Å². The second-order valence-electron chi connectivity index (χ2n) is 5.41. The van der Waals surface area contributed by atoms with Gasteiger partial charge in [0, 0.05) is 42.5 Å². The van der Waals surface area contributed by atoms with E-state index < -0.39 is 0 Å². The van der Waals surface area contributed by atoms with E-state index in [4.69, 9.17) is 0 Å². The maximum absolute atomic E-state index is 12.4. The third kappa shape index (κ3) is 2.62. The van der Waals surface area contributed by atoms with Crippen molar-refractivity contribution >= 4 is 12.0 Å². The fourth-order valence-electron chi connectivity index (χ4n) is 2.56. The zero-order chi connectivity index (χ0) is 14.8. The lowest BCUT2D eigenvalue weighted by Gasteiger charge is -2.11. The highest BCUT2D eigenvalue weighted by Crippen LogP contribution is 2.34. The quantitative estimate of drug-likeness (QED) is 0.780. The van der Waals surface area contributed by atoms with Crippen LogP contribution in [0.25, 0.3) is 17.2 Å². The van der Waals surface area contributed by atoms with E-state index in [0.29, 0.717) is 13.1 Å². The first-order valence-corrected chi connectivity index (χ1v) is 6.99. The Bertz CT molecular complexity index is 658. The molecule has 2 heterocycles. The second kappa shape index (κ2) is 5.57. The van der Waals surface area contributed by atoms with E-state index in [0.717, 1.165) is 34.5 Å². The van der Waals surface area contributed by atoms with Crippen molar-refractivity contribution in [3.63, 3.8) is 0 Å². The molecule has 0 fully saturated rings. The predicted octanol–water partition coefficient (Wildman–Crippen LogP) is 0.880. The highest BCUT2D eigenvalue weighted by Gasteiger charge is 2.24. The van der Waals surface area contributed by atoms with Crippen LogP contribution in [-0.2, 0) is 6.54 Å². The van der Waals surface area contributed by atoms with Crippen molar-refractivity contribution in [2.24, 2.45) is 0 Å². The number of carbonyl (C=O) groups excluding carboxylic acids is 1. The summed E-state index contributed by atoms with van der Waals surface area (Å²) >= 11 is 0. The van der Waals surface area contributed by atoms with Crippen LogP contribution in [0.4, 0.5) is 0 Å². The van der Waals surface area contributed by atoms with Crippen molar-refractivity contribution in [2.75, 3.05) is 27.2 Å². The van der Waals surface area contributed by atoms with E-state index >= 15 is 0 Å². The zero-order valence-corrected chi connectivity index (χ0v) is 12.2. The molecule has 1 aliphatic carbocycles. The Balaban J connectivity index is 1.91. The number of aromatic amines is 1.